The first-order chi connectivity index (χ1) is 14.1. The van der Waals surface area contributed by atoms with Crippen LogP contribution in [0.5, 0.6) is 11.6 Å². The Hall–Kier alpha value is -4.18. The van der Waals surface area contributed by atoms with Crippen LogP contribution in [0.1, 0.15) is 12.7 Å². The molecule has 1 N–H and O–H groups in total. The summed E-state index contributed by atoms with van der Waals surface area (Å²) < 4.78 is 7.83. The number of hydrogen-bond acceptors (Lipinski definition) is 5. The highest BCUT2D eigenvalue weighted by molar-refractivity contribution is 5.88. The summed E-state index contributed by atoms with van der Waals surface area (Å²) in [6.07, 6.45) is 1.81. The molecule has 0 aliphatic rings. The summed E-state index contributed by atoms with van der Waals surface area (Å²) in [6.45, 7) is 1.45. The third-order valence-corrected chi connectivity index (χ3v) is 4.21. The molecule has 4 aromatic rings. The number of nitrogens with one attached hydrogen (secondary N) is 1. The standard InChI is InChI=1S/C22H17N5O2/c1-15(28)25-16-6-5-9-18(12-16)29-22-13-20-19(14-24-22)26-21(10-11-23)27(20)17-7-3-2-4-8-17/h2-9,12-14H,10H2,1H3,(H,25,28). The van der Waals surface area contributed by atoms with Crippen LogP contribution in [0.25, 0.3) is 16.7 Å². The number of carbonyl (C=O) groups excluding carboxylic acids is 1. The van der Waals surface area contributed by atoms with Crippen LogP contribution in [0.4, 0.5) is 5.69 Å². The molecule has 2 aromatic carbocycles. The molecule has 4 rings (SSSR count). The Morgan fingerprint density at radius 3 is 2.76 bits per heavy atom. The van der Waals surface area contributed by atoms with Gasteiger partial charge in [-0.3, -0.25) is 9.36 Å². The number of anilines is 1. The Bertz CT molecular complexity index is 1230. The fourth-order valence-electron chi connectivity index (χ4n) is 3.08. The van der Waals surface area contributed by atoms with Crippen molar-refractivity contribution in [2.75, 3.05) is 5.32 Å². The lowest BCUT2D eigenvalue weighted by Gasteiger charge is -2.09. The number of amides is 1. The van der Waals surface area contributed by atoms with Crippen LogP contribution >= 0.6 is 0 Å². The molecule has 1 amide bonds. The third-order valence-electron chi connectivity index (χ3n) is 4.21. The maximum Gasteiger partial charge on any atom is 0.221 e. The quantitative estimate of drug-likeness (QED) is 0.556. The van der Waals surface area contributed by atoms with Crippen LogP contribution in [0.15, 0.2) is 66.9 Å². The van der Waals surface area contributed by atoms with Crippen molar-refractivity contribution < 1.29 is 9.53 Å². The second-order valence-corrected chi connectivity index (χ2v) is 6.36. The first-order valence-electron chi connectivity index (χ1n) is 8.99. The first kappa shape index (κ1) is 18.2. The summed E-state index contributed by atoms with van der Waals surface area (Å²) in [5, 5.41) is 11.9. The van der Waals surface area contributed by atoms with Crippen molar-refractivity contribution in [2.45, 2.75) is 13.3 Å². The number of hydrogen-bond donors (Lipinski definition) is 1. The fourth-order valence-corrected chi connectivity index (χ4v) is 3.08. The Morgan fingerprint density at radius 1 is 1.17 bits per heavy atom. The van der Waals surface area contributed by atoms with Crippen LogP contribution in [-0.2, 0) is 11.2 Å². The third kappa shape index (κ3) is 3.92. The largest absolute Gasteiger partial charge is 0.439 e. The van der Waals surface area contributed by atoms with E-state index in [2.05, 4.69) is 21.4 Å². The topological polar surface area (TPSA) is 92.8 Å². The molecule has 29 heavy (non-hydrogen) atoms. The van der Waals surface area contributed by atoms with E-state index in [1.807, 2.05) is 34.9 Å². The van der Waals surface area contributed by atoms with Crippen molar-refractivity contribution in [2.24, 2.45) is 0 Å². The van der Waals surface area contributed by atoms with Gasteiger partial charge in [-0.1, -0.05) is 24.3 Å². The average molecular weight is 383 g/mol. The minimum atomic E-state index is -0.154. The molecule has 0 spiro atoms. The summed E-state index contributed by atoms with van der Waals surface area (Å²) in [5.74, 6) is 1.42. The van der Waals surface area contributed by atoms with Crippen molar-refractivity contribution in [3.05, 3.63) is 72.7 Å². The summed E-state index contributed by atoms with van der Waals surface area (Å²) in [4.78, 5) is 20.1. The van der Waals surface area contributed by atoms with E-state index in [9.17, 15) is 10.1 Å². The van der Waals surface area contributed by atoms with Gasteiger partial charge in [0.15, 0.2) is 0 Å². The fraction of sp³-hybridized carbons (Fsp3) is 0.0909. The molecule has 0 saturated carbocycles. The van der Waals surface area contributed by atoms with Gasteiger partial charge in [-0.25, -0.2) is 9.97 Å². The van der Waals surface area contributed by atoms with Gasteiger partial charge in [0.1, 0.15) is 17.1 Å². The number of fused-ring (bicyclic) bond motifs is 1. The SMILES string of the molecule is CC(=O)Nc1cccc(Oc2cc3c(cn2)nc(CC#N)n3-c2ccccc2)c1. The highest BCUT2D eigenvalue weighted by atomic mass is 16.5. The zero-order valence-corrected chi connectivity index (χ0v) is 15.7. The highest BCUT2D eigenvalue weighted by Crippen LogP contribution is 2.28. The number of imidazole rings is 1. The zero-order valence-electron chi connectivity index (χ0n) is 15.7. The number of ether oxygens (including phenoxy) is 1. The van der Waals surface area contributed by atoms with Crippen LogP contribution in [0.2, 0.25) is 0 Å². The molecule has 0 saturated heterocycles. The molecule has 0 atom stereocenters. The van der Waals surface area contributed by atoms with E-state index in [0.29, 0.717) is 28.7 Å². The van der Waals surface area contributed by atoms with Crippen molar-refractivity contribution >= 4 is 22.6 Å². The lowest BCUT2D eigenvalue weighted by Crippen LogP contribution is -2.05. The maximum atomic E-state index is 11.3. The molecule has 7 heteroatoms. The highest BCUT2D eigenvalue weighted by Gasteiger charge is 2.14. The second kappa shape index (κ2) is 7.82. The van der Waals surface area contributed by atoms with Crippen LogP contribution in [0.3, 0.4) is 0 Å². The van der Waals surface area contributed by atoms with E-state index < -0.39 is 0 Å². The van der Waals surface area contributed by atoms with Gasteiger partial charge in [0, 0.05) is 30.4 Å². The predicted molar refractivity (Wildman–Crippen MR) is 109 cm³/mol. The Kier molecular flexibility index (Phi) is 4.91. The molecule has 0 fully saturated rings. The van der Waals surface area contributed by atoms with Crippen molar-refractivity contribution in [3.8, 4) is 23.4 Å². The molecular weight excluding hydrogens is 366 g/mol. The summed E-state index contributed by atoms with van der Waals surface area (Å²) in [6, 6.07) is 20.8. The Balaban J connectivity index is 1.74. The molecule has 0 aliphatic carbocycles. The smallest absolute Gasteiger partial charge is 0.221 e. The van der Waals surface area contributed by atoms with E-state index >= 15 is 0 Å². The number of carbonyl (C=O) groups is 1. The van der Waals surface area contributed by atoms with E-state index in [-0.39, 0.29) is 12.3 Å². The Labute approximate surface area is 167 Å². The van der Waals surface area contributed by atoms with Gasteiger partial charge in [-0.15, -0.1) is 0 Å². The lowest BCUT2D eigenvalue weighted by atomic mass is 10.3. The monoisotopic (exact) mass is 383 g/mol. The predicted octanol–water partition coefficient (Wildman–Crippen LogP) is 4.24. The zero-order chi connectivity index (χ0) is 20.2. The van der Waals surface area contributed by atoms with E-state index in [1.165, 1.54) is 6.92 Å². The Morgan fingerprint density at radius 2 is 2.00 bits per heavy atom. The summed E-state index contributed by atoms with van der Waals surface area (Å²) in [7, 11) is 0. The van der Waals surface area contributed by atoms with E-state index in [1.54, 1.807) is 36.5 Å². The second-order valence-electron chi connectivity index (χ2n) is 6.36. The number of nitrogens with zero attached hydrogens (tertiary/aromatic N) is 4. The number of aromatic nitrogens is 3. The number of pyridine rings is 1. The molecule has 2 aromatic heterocycles. The minimum Gasteiger partial charge on any atom is -0.439 e. The lowest BCUT2D eigenvalue weighted by molar-refractivity contribution is -0.114. The van der Waals surface area contributed by atoms with Gasteiger partial charge in [-0.2, -0.15) is 5.26 Å². The van der Waals surface area contributed by atoms with Gasteiger partial charge in [0.05, 0.1) is 24.2 Å². The van der Waals surface area contributed by atoms with Crippen LogP contribution in [-0.4, -0.2) is 20.4 Å². The van der Waals surface area contributed by atoms with Gasteiger partial charge < -0.3 is 10.1 Å². The molecule has 2 heterocycles. The number of para-hydroxylation sites is 1. The molecule has 7 nitrogen and oxygen atoms in total. The average Bonchev–Trinajstić information content (AvgIpc) is 3.06. The molecule has 0 radical (unpaired) electrons. The molecular formula is C22H17N5O2. The maximum absolute atomic E-state index is 11.3. The van der Waals surface area contributed by atoms with E-state index in [4.69, 9.17) is 4.74 Å². The normalized spacial score (nSPS) is 10.5. The van der Waals surface area contributed by atoms with Gasteiger partial charge in [0.25, 0.3) is 0 Å². The summed E-state index contributed by atoms with van der Waals surface area (Å²) >= 11 is 0. The van der Waals surface area contributed by atoms with Gasteiger partial charge in [-0.05, 0) is 24.3 Å². The van der Waals surface area contributed by atoms with Gasteiger partial charge >= 0.3 is 0 Å². The minimum absolute atomic E-state index is 0.154. The summed E-state index contributed by atoms with van der Waals surface area (Å²) in [5.41, 5.74) is 3.02. The molecule has 142 valence electrons. The number of rotatable bonds is 5. The van der Waals surface area contributed by atoms with E-state index in [0.717, 1.165) is 11.2 Å². The number of benzene rings is 2. The first-order valence-corrected chi connectivity index (χ1v) is 8.99. The molecule has 0 bridgehead atoms. The molecule has 0 aliphatic heterocycles. The van der Waals surface area contributed by atoms with Crippen molar-refractivity contribution in [3.63, 3.8) is 0 Å². The number of nitriles is 1. The van der Waals surface area contributed by atoms with Crippen molar-refractivity contribution in [1.29, 1.82) is 5.26 Å². The van der Waals surface area contributed by atoms with Crippen LogP contribution in [0, 0.1) is 11.3 Å². The molecule has 0 unspecified atom stereocenters. The van der Waals surface area contributed by atoms with Gasteiger partial charge in [0.2, 0.25) is 11.8 Å². The van der Waals surface area contributed by atoms with Crippen molar-refractivity contribution in [1.82, 2.24) is 14.5 Å². The van der Waals surface area contributed by atoms with Crippen LogP contribution < -0.4 is 10.1 Å².